The molecule has 2 rings (SSSR count). The van der Waals surface area contributed by atoms with E-state index in [9.17, 15) is 4.79 Å². The zero-order chi connectivity index (χ0) is 7.68. The molecule has 0 aromatic carbocycles. The van der Waals surface area contributed by atoms with Crippen LogP contribution in [0.4, 0.5) is 0 Å². The number of hydrogen-bond acceptors (Lipinski definition) is 3. The first-order valence-corrected chi connectivity index (χ1v) is 4.27. The SMILES string of the molecule is O=CC1NC2CCCCC2O1. The first-order valence-electron chi connectivity index (χ1n) is 4.27. The lowest BCUT2D eigenvalue weighted by atomic mass is 9.93. The molecular weight excluding hydrogens is 142 g/mol. The van der Waals surface area contributed by atoms with Crippen LogP contribution in [0.5, 0.6) is 0 Å². The molecule has 1 heterocycles. The number of carbonyl (C=O) groups excluding carboxylic acids is 1. The lowest BCUT2D eigenvalue weighted by Gasteiger charge is -2.22. The van der Waals surface area contributed by atoms with E-state index in [4.69, 9.17) is 4.74 Å². The van der Waals surface area contributed by atoms with Gasteiger partial charge in [0.15, 0.2) is 12.5 Å². The Hall–Kier alpha value is -0.410. The molecule has 1 saturated heterocycles. The predicted octanol–water partition coefficient (Wildman–Crippen LogP) is 0.442. The maximum atomic E-state index is 10.4. The Morgan fingerprint density at radius 3 is 2.91 bits per heavy atom. The van der Waals surface area contributed by atoms with E-state index in [0.717, 1.165) is 19.1 Å². The lowest BCUT2D eigenvalue weighted by Crippen LogP contribution is -2.35. The van der Waals surface area contributed by atoms with Crippen molar-refractivity contribution in [3.63, 3.8) is 0 Å². The largest absolute Gasteiger partial charge is 0.351 e. The molecule has 3 nitrogen and oxygen atoms in total. The zero-order valence-corrected chi connectivity index (χ0v) is 6.45. The summed E-state index contributed by atoms with van der Waals surface area (Å²) in [6.07, 6.45) is 5.61. The standard InChI is InChI=1S/C8H13NO2/c10-5-8-9-6-3-1-2-4-7(6)11-8/h5-9H,1-4H2. The van der Waals surface area contributed by atoms with Gasteiger partial charge in [0.25, 0.3) is 0 Å². The summed E-state index contributed by atoms with van der Waals surface area (Å²) >= 11 is 0. The van der Waals surface area contributed by atoms with Crippen LogP contribution in [0.15, 0.2) is 0 Å². The van der Waals surface area contributed by atoms with Crippen LogP contribution in [-0.2, 0) is 9.53 Å². The maximum absolute atomic E-state index is 10.4. The second-order valence-electron chi connectivity index (χ2n) is 3.29. The molecule has 1 N–H and O–H groups in total. The summed E-state index contributed by atoms with van der Waals surface area (Å²) in [4.78, 5) is 10.4. The number of hydrogen-bond donors (Lipinski definition) is 1. The van der Waals surface area contributed by atoms with Gasteiger partial charge in [0.05, 0.1) is 6.10 Å². The molecule has 0 amide bonds. The molecule has 0 bridgehead atoms. The Balaban J connectivity index is 1.97. The first-order chi connectivity index (χ1) is 5.40. The van der Waals surface area contributed by atoms with Gasteiger partial charge in [0, 0.05) is 6.04 Å². The van der Waals surface area contributed by atoms with E-state index in [0.29, 0.717) is 12.1 Å². The summed E-state index contributed by atoms with van der Waals surface area (Å²) in [7, 11) is 0. The smallest absolute Gasteiger partial charge is 0.165 e. The fraction of sp³-hybridized carbons (Fsp3) is 0.875. The van der Waals surface area contributed by atoms with Crippen molar-refractivity contribution in [1.82, 2.24) is 5.32 Å². The van der Waals surface area contributed by atoms with E-state index in [1.165, 1.54) is 12.8 Å². The van der Waals surface area contributed by atoms with Gasteiger partial charge in [-0.3, -0.25) is 10.1 Å². The van der Waals surface area contributed by atoms with Crippen LogP contribution in [0, 0.1) is 0 Å². The molecule has 62 valence electrons. The van der Waals surface area contributed by atoms with Gasteiger partial charge in [-0.05, 0) is 12.8 Å². The Bertz CT molecular complexity index is 146. The second kappa shape index (κ2) is 2.91. The highest BCUT2D eigenvalue weighted by Crippen LogP contribution is 2.26. The molecule has 2 fully saturated rings. The van der Waals surface area contributed by atoms with Crippen molar-refractivity contribution in [2.75, 3.05) is 0 Å². The Labute approximate surface area is 66.1 Å². The molecule has 1 saturated carbocycles. The number of nitrogens with one attached hydrogen (secondary N) is 1. The van der Waals surface area contributed by atoms with Gasteiger partial charge in [-0.25, -0.2) is 0 Å². The van der Waals surface area contributed by atoms with Crippen molar-refractivity contribution in [3.8, 4) is 0 Å². The molecule has 3 atom stereocenters. The van der Waals surface area contributed by atoms with Crippen LogP contribution in [-0.4, -0.2) is 24.7 Å². The number of carbonyl (C=O) groups is 1. The number of ether oxygens (including phenoxy) is 1. The molecule has 2 aliphatic rings. The van der Waals surface area contributed by atoms with Crippen LogP contribution < -0.4 is 5.32 Å². The van der Waals surface area contributed by atoms with Crippen molar-refractivity contribution >= 4 is 6.29 Å². The zero-order valence-electron chi connectivity index (χ0n) is 6.45. The third-order valence-corrected chi connectivity index (χ3v) is 2.53. The Morgan fingerprint density at radius 2 is 2.18 bits per heavy atom. The molecule has 0 spiro atoms. The first kappa shape index (κ1) is 7.25. The summed E-state index contributed by atoms with van der Waals surface area (Å²) in [5, 5.41) is 3.15. The van der Waals surface area contributed by atoms with E-state index < -0.39 is 0 Å². The maximum Gasteiger partial charge on any atom is 0.165 e. The molecule has 1 aliphatic carbocycles. The van der Waals surface area contributed by atoms with E-state index in [2.05, 4.69) is 5.32 Å². The summed E-state index contributed by atoms with van der Waals surface area (Å²) in [5.41, 5.74) is 0. The highest BCUT2D eigenvalue weighted by molar-refractivity contribution is 5.56. The van der Waals surface area contributed by atoms with Gasteiger partial charge in [0.2, 0.25) is 0 Å². The van der Waals surface area contributed by atoms with E-state index in [-0.39, 0.29) is 6.23 Å². The van der Waals surface area contributed by atoms with E-state index in [1.807, 2.05) is 0 Å². The Morgan fingerprint density at radius 1 is 1.36 bits per heavy atom. The van der Waals surface area contributed by atoms with Crippen LogP contribution in [0.3, 0.4) is 0 Å². The minimum Gasteiger partial charge on any atom is -0.351 e. The summed E-state index contributed by atoms with van der Waals surface area (Å²) in [6, 6.07) is 0.443. The molecule has 0 aromatic heterocycles. The quantitative estimate of drug-likeness (QED) is 0.558. The van der Waals surface area contributed by atoms with Crippen molar-refractivity contribution in [3.05, 3.63) is 0 Å². The monoisotopic (exact) mass is 155 g/mol. The van der Waals surface area contributed by atoms with Gasteiger partial charge in [-0.2, -0.15) is 0 Å². The molecule has 0 aromatic rings. The predicted molar refractivity (Wildman–Crippen MR) is 40.1 cm³/mol. The molecule has 11 heavy (non-hydrogen) atoms. The van der Waals surface area contributed by atoms with Gasteiger partial charge in [-0.15, -0.1) is 0 Å². The fourth-order valence-electron chi connectivity index (χ4n) is 1.96. The highest BCUT2D eigenvalue weighted by atomic mass is 16.5. The second-order valence-corrected chi connectivity index (χ2v) is 3.29. The van der Waals surface area contributed by atoms with Crippen LogP contribution in [0.1, 0.15) is 25.7 Å². The van der Waals surface area contributed by atoms with Crippen molar-refractivity contribution in [1.29, 1.82) is 0 Å². The molecular formula is C8H13NO2. The number of fused-ring (bicyclic) bond motifs is 1. The molecule has 3 heteroatoms. The molecule has 1 aliphatic heterocycles. The van der Waals surface area contributed by atoms with Gasteiger partial charge in [-0.1, -0.05) is 12.8 Å². The van der Waals surface area contributed by atoms with Gasteiger partial charge < -0.3 is 4.74 Å². The van der Waals surface area contributed by atoms with Crippen molar-refractivity contribution < 1.29 is 9.53 Å². The average molecular weight is 155 g/mol. The minimum atomic E-state index is -0.330. The van der Waals surface area contributed by atoms with Crippen molar-refractivity contribution in [2.45, 2.75) is 44.1 Å². The van der Waals surface area contributed by atoms with Crippen LogP contribution in [0.2, 0.25) is 0 Å². The average Bonchev–Trinajstić information content (AvgIpc) is 2.46. The van der Waals surface area contributed by atoms with Crippen LogP contribution >= 0.6 is 0 Å². The summed E-state index contributed by atoms with van der Waals surface area (Å²) in [5.74, 6) is 0. The summed E-state index contributed by atoms with van der Waals surface area (Å²) < 4.78 is 5.44. The minimum absolute atomic E-state index is 0.305. The molecule has 3 unspecified atom stereocenters. The van der Waals surface area contributed by atoms with Gasteiger partial charge >= 0.3 is 0 Å². The highest BCUT2D eigenvalue weighted by Gasteiger charge is 2.35. The van der Waals surface area contributed by atoms with Gasteiger partial charge in [0.1, 0.15) is 0 Å². The molecule has 0 radical (unpaired) electrons. The van der Waals surface area contributed by atoms with E-state index in [1.54, 1.807) is 0 Å². The van der Waals surface area contributed by atoms with E-state index >= 15 is 0 Å². The number of rotatable bonds is 1. The third-order valence-electron chi connectivity index (χ3n) is 2.53. The Kier molecular flexibility index (Phi) is 1.92. The van der Waals surface area contributed by atoms with Crippen molar-refractivity contribution in [2.24, 2.45) is 0 Å². The van der Waals surface area contributed by atoms with Crippen LogP contribution in [0.25, 0.3) is 0 Å². The lowest BCUT2D eigenvalue weighted by molar-refractivity contribution is -0.118. The third kappa shape index (κ3) is 1.30. The normalized spacial score (nSPS) is 43.5. The summed E-state index contributed by atoms with van der Waals surface area (Å²) in [6.45, 7) is 0. The fourth-order valence-corrected chi connectivity index (χ4v) is 1.96. The number of aldehydes is 1. The topological polar surface area (TPSA) is 38.3 Å².